The Balaban J connectivity index is 1.99. The van der Waals surface area contributed by atoms with E-state index in [0.29, 0.717) is 0 Å². The fourth-order valence-electron chi connectivity index (χ4n) is 3.19. The summed E-state index contributed by atoms with van der Waals surface area (Å²) in [5, 5.41) is 2.79. The highest BCUT2D eigenvalue weighted by Crippen LogP contribution is 2.32. The summed E-state index contributed by atoms with van der Waals surface area (Å²) in [7, 11) is 0. The Kier molecular flexibility index (Phi) is 3.55. The second-order valence-electron chi connectivity index (χ2n) is 5.75. The van der Waals surface area contributed by atoms with Crippen LogP contribution in [0.2, 0.25) is 0 Å². The van der Waals surface area contributed by atoms with E-state index < -0.39 is 0 Å². The highest BCUT2D eigenvalue weighted by molar-refractivity contribution is 5.88. The Labute approximate surface area is 125 Å². The summed E-state index contributed by atoms with van der Waals surface area (Å²) in [4.78, 5) is 11.1. The highest BCUT2D eigenvalue weighted by Gasteiger charge is 2.22. The van der Waals surface area contributed by atoms with E-state index in [2.05, 4.69) is 22.9 Å². The van der Waals surface area contributed by atoms with Crippen LogP contribution >= 0.6 is 0 Å². The summed E-state index contributed by atoms with van der Waals surface area (Å²) in [5.41, 5.74) is 12.0. The van der Waals surface area contributed by atoms with Crippen molar-refractivity contribution in [2.45, 2.75) is 39.2 Å². The van der Waals surface area contributed by atoms with Crippen LogP contribution < -0.4 is 11.1 Å². The number of carbonyl (C=O) groups excluding carboxylic acids is 1. The minimum Gasteiger partial charge on any atom is -0.326 e. The molecule has 110 valence electrons. The van der Waals surface area contributed by atoms with Gasteiger partial charge in [0.05, 0.1) is 0 Å². The van der Waals surface area contributed by atoms with Crippen molar-refractivity contribution in [3.63, 3.8) is 0 Å². The lowest BCUT2D eigenvalue weighted by Gasteiger charge is -2.21. The average Bonchev–Trinajstić information content (AvgIpc) is 2.77. The molecule has 1 aliphatic rings. The maximum atomic E-state index is 11.1. The number of nitrogens with one attached hydrogen (secondary N) is 1. The number of aromatic nitrogens is 1. The first-order valence-corrected chi connectivity index (χ1v) is 7.41. The summed E-state index contributed by atoms with van der Waals surface area (Å²) >= 11 is 0. The number of carbonyl (C=O) groups is 1. The maximum absolute atomic E-state index is 11.1. The molecule has 1 aromatic heterocycles. The van der Waals surface area contributed by atoms with Gasteiger partial charge in [0.15, 0.2) is 0 Å². The summed E-state index contributed by atoms with van der Waals surface area (Å²) in [6, 6.07) is 10.3. The second kappa shape index (κ2) is 5.37. The van der Waals surface area contributed by atoms with Gasteiger partial charge < -0.3 is 15.6 Å². The van der Waals surface area contributed by atoms with E-state index in [1.54, 1.807) is 0 Å². The van der Waals surface area contributed by atoms with E-state index >= 15 is 0 Å². The predicted octanol–water partition coefficient (Wildman–Crippen LogP) is 3.08. The molecule has 0 saturated carbocycles. The van der Waals surface area contributed by atoms with Gasteiger partial charge in [-0.1, -0.05) is 0 Å². The molecule has 1 aliphatic carbocycles. The van der Waals surface area contributed by atoms with Crippen LogP contribution in [0.25, 0.3) is 5.69 Å². The lowest BCUT2D eigenvalue weighted by atomic mass is 9.93. The molecule has 0 bridgehead atoms. The fraction of sp³-hybridized carbons (Fsp3) is 0.353. The minimum atomic E-state index is -0.0525. The molecule has 2 aromatic rings. The molecule has 21 heavy (non-hydrogen) atoms. The van der Waals surface area contributed by atoms with E-state index in [4.69, 9.17) is 5.73 Å². The zero-order valence-corrected chi connectivity index (χ0v) is 12.5. The van der Waals surface area contributed by atoms with Gasteiger partial charge in [-0.2, -0.15) is 0 Å². The number of rotatable bonds is 2. The molecule has 0 fully saturated rings. The summed E-state index contributed by atoms with van der Waals surface area (Å²) < 4.78 is 2.28. The summed E-state index contributed by atoms with van der Waals surface area (Å²) in [6.45, 7) is 3.63. The van der Waals surface area contributed by atoms with Crippen molar-refractivity contribution >= 4 is 11.6 Å². The number of hydrogen-bond acceptors (Lipinski definition) is 2. The quantitative estimate of drug-likeness (QED) is 0.889. The topological polar surface area (TPSA) is 60.0 Å². The number of amides is 1. The molecule has 1 heterocycles. The number of fused-ring (bicyclic) bond motifs is 1. The molecule has 1 aromatic carbocycles. The predicted molar refractivity (Wildman–Crippen MR) is 84.7 cm³/mol. The normalized spacial score (nSPS) is 17.4. The molecule has 4 heteroatoms. The molecule has 3 rings (SSSR count). The van der Waals surface area contributed by atoms with E-state index in [1.165, 1.54) is 23.9 Å². The molecule has 0 aliphatic heterocycles. The van der Waals surface area contributed by atoms with Gasteiger partial charge in [0.25, 0.3) is 0 Å². The van der Waals surface area contributed by atoms with Crippen LogP contribution in [0.4, 0.5) is 5.69 Å². The Morgan fingerprint density at radius 2 is 2.05 bits per heavy atom. The number of anilines is 1. The van der Waals surface area contributed by atoms with Crippen LogP contribution in [0.15, 0.2) is 30.3 Å². The van der Waals surface area contributed by atoms with Crippen molar-refractivity contribution < 1.29 is 4.79 Å². The van der Waals surface area contributed by atoms with Crippen LogP contribution in [0.5, 0.6) is 0 Å². The molecular formula is C17H21N3O. The van der Waals surface area contributed by atoms with Crippen LogP contribution in [-0.2, 0) is 11.2 Å². The van der Waals surface area contributed by atoms with Gasteiger partial charge in [-0.3, -0.25) is 4.79 Å². The van der Waals surface area contributed by atoms with Crippen molar-refractivity contribution in [3.05, 3.63) is 47.3 Å². The van der Waals surface area contributed by atoms with Crippen molar-refractivity contribution in [1.29, 1.82) is 0 Å². The van der Waals surface area contributed by atoms with Crippen LogP contribution in [0, 0.1) is 6.92 Å². The molecule has 1 amide bonds. The second-order valence-corrected chi connectivity index (χ2v) is 5.75. The number of nitrogens with two attached hydrogens (primary N) is 1. The Bertz CT molecular complexity index is 670. The molecule has 4 nitrogen and oxygen atoms in total. The minimum absolute atomic E-state index is 0.0525. The molecule has 1 atom stereocenters. The Hall–Kier alpha value is -2.07. The largest absolute Gasteiger partial charge is 0.326 e. The first-order chi connectivity index (χ1) is 10.1. The van der Waals surface area contributed by atoms with Crippen LogP contribution in [0.1, 0.15) is 42.8 Å². The lowest BCUT2D eigenvalue weighted by Crippen LogP contribution is -2.18. The monoisotopic (exact) mass is 283 g/mol. The summed E-state index contributed by atoms with van der Waals surface area (Å²) in [6.07, 6.45) is 3.28. The summed E-state index contributed by atoms with van der Waals surface area (Å²) in [5.74, 6) is -0.0525. The zero-order valence-electron chi connectivity index (χ0n) is 12.5. The van der Waals surface area contributed by atoms with Gasteiger partial charge in [-0.15, -0.1) is 0 Å². The van der Waals surface area contributed by atoms with Gasteiger partial charge in [0.1, 0.15) is 0 Å². The Morgan fingerprint density at radius 1 is 1.33 bits per heavy atom. The standard InChI is InChI=1S/C17H21N3O/c1-11-10-15-16(18)4-3-5-17(15)20(11)14-8-6-13(7-9-14)19-12(2)21/h6-10,16H,3-5,18H2,1-2H3,(H,19,21). The van der Waals surface area contributed by atoms with Gasteiger partial charge in [-0.25, -0.2) is 0 Å². The molecule has 0 spiro atoms. The van der Waals surface area contributed by atoms with Crippen molar-refractivity contribution in [3.8, 4) is 5.69 Å². The van der Waals surface area contributed by atoms with E-state index in [0.717, 1.165) is 30.6 Å². The average molecular weight is 283 g/mol. The van der Waals surface area contributed by atoms with E-state index in [-0.39, 0.29) is 11.9 Å². The SMILES string of the molecule is CC(=O)Nc1ccc(-n2c(C)cc3c2CCCC3N)cc1. The first-order valence-electron chi connectivity index (χ1n) is 7.41. The molecule has 1 unspecified atom stereocenters. The third-order valence-electron chi connectivity index (χ3n) is 4.09. The third-order valence-corrected chi connectivity index (χ3v) is 4.09. The number of benzene rings is 1. The number of hydrogen-bond donors (Lipinski definition) is 2. The molecule has 0 saturated heterocycles. The van der Waals surface area contributed by atoms with Gasteiger partial charge in [-0.05, 0) is 62.1 Å². The van der Waals surface area contributed by atoms with Crippen LogP contribution in [-0.4, -0.2) is 10.5 Å². The number of aryl methyl sites for hydroxylation is 1. The smallest absolute Gasteiger partial charge is 0.221 e. The fourth-order valence-corrected chi connectivity index (χ4v) is 3.19. The molecule has 3 N–H and O–H groups in total. The van der Waals surface area contributed by atoms with Gasteiger partial charge >= 0.3 is 0 Å². The lowest BCUT2D eigenvalue weighted by molar-refractivity contribution is -0.114. The zero-order chi connectivity index (χ0) is 15.0. The number of nitrogens with zero attached hydrogens (tertiary/aromatic N) is 1. The molecular weight excluding hydrogens is 262 g/mol. The van der Waals surface area contributed by atoms with Gasteiger partial charge in [0.2, 0.25) is 5.91 Å². The van der Waals surface area contributed by atoms with Crippen LogP contribution in [0.3, 0.4) is 0 Å². The van der Waals surface area contributed by atoms with Gasteiger partial charge in [0, 0.05) is 35.7 Å². The molecule has 0 radical (unpaired) electrons. The highest BCUT2D eigenvalue weighted by atomic mass is 16.1. The maximum Gasteiger partial charge on any atom is 0.221 e. The van der Waals surface area contributed by atoms with Crippen molar-refractivity contribution in [1.82, 2.24) is 4.57 Å². The Morgan fingerprint density at radius 3 is 2.71 bits per heavy atom. The first kappa shape index (κ1) is 13.9. The van der Waals surface area contributed by atoms with E-state index in [1.807, 2.05) is 24.3 Å². The third kappa shape index (κ3) is 2.59. The van der Waals surface area contributed by atoms with E-state index in [9.17, 15) is 4.79 Å². The van der Waals surface area contributed by atoms with Crippen molar-refractivity contribution in [2.75, 3.05) is 5.32 Å². The van der Waals surface area contributed by atoms with Crippen molar-refractivity contribution in [2.24, 2.45) is 5.73 Å².